The predicted octanol–water partition coefficient (Wildman–Crippen LogP) is 2.82. The number of aryl methyl sites for hydroxylation is 1. The zero-order valence-corrected chi connectivity index (χ0v) is 10.8. The van der Waals surface area contributed by atoms with E-state index in [1.807, 2.05) is 25.1 Å². The Hall–Kier alpha value is -1.57. The van der Waals surface area contributed by atoms with Gasteiger partial charge in [0, 0.05) is 5.39 Å². The molecule has 7 heteroatoms. The van der Waals surface area contributed by atoms with Crippen LogP contribution in [0.25, 0.3) is 11.0 Å². The minimum absolute atomic E-state index is 0.227. The second kappa shape index (κ2) is 5.82. The molecule has 0 aliphatic heterocycles. The number of nitrogens with two attached hydrogens (primary N) is 1. The molecule has 0 radical (unpaired) electrons. The first-order valence-corrected chi connectivity index (χ1v) is 6.00. The van der Waals surface area contributed by atoms with Gasteiger partial charge in [0.15, 0.2) is 0 Å². The first-order valence-electron chi connectivity index (χ1n) is 6.00. The van der Waals surface area contributed by atoms with E-state index in [-0.39, 0.29) is 6.61 Å². The molecule has 0 bridgehead atoms. The summed E-state index contributed by atoms with van der Waals surface area (Å²) in [5.41, 5.74) is 4.04. The average molecular weight is 288 g/mol. The Kier molecular flexibility index (Phi) is 4.32. The van der Waals surface area contributed by atoms with Crippen molar-refractivity contribution in [1.29, 1.82) is 0 Å². The standard InChI is InChI=1S/C13H15F3N2O2/c1-8-3-2-4-9-5-11(20-12(8)9)10(18-17)6-19-7-13(14,15)16/h2-5,10,18H,6-7,17H2,1H3. The van der Waals surface area contributed by atoms with Crippen LogP contribution in [-0.4, -0.2) is 19.4 Å². The normalized spacial score (nSPS) is 13.8. The van der Waals surface area contributed by atoms with Gasteiger partial charge >= 0.3 is 6.18 Å². The molecule has 1 aromatic carbocycles. The third-order valence-electron chi connectivity index (χ3n) is 2.85. The molecule has 0 aliphatic carbocycles. The van der Waals surface area contributed by atoms with Crippen molar-refractivity contribution in [3.8, 4) is 0 Å². The highest BCUT2D eigenvalue weighted by molar-refractivity contribution is 5.80. The zero-order valence-electron chi connectivity index (χ0n) is 10.8. The number of hydrogen-bond donors (Lipinski definition) is 2. The second-order valence-electron chi connectivity index (χ2n) is 4.49. The Balaban J connectivity index is 2.11. The summed E-state index contributed by atoms with van der Waals surface area (Å²) in [5.74, 6) is 5.79. The van der Waals surface area contributed by atoms with Crippen molar-refractivity contribution in [2.45, 2.75) is 19.1 Å². The second-order valence-corrected chi connectivity index (χ2v) is 4.49. The minimum atomic E-state index is -4.36. The molecule has 0 amide bonds. The third kappa shape index (κ3) is 3.50. The quantitative estimate of drug-likeness (QED) is 0.656. The van der Waals surface area contributed by atoms with Gasteiger partial charge in [0.25, 0.3) is 0 Å². The first kappa shape index (κ1) is 14.8. The van der Waals surface area contributed by atoms with Crippen LogP contribution in [0.5, 0.6) is 0 Å². The van der Waals surface area contributed by atoms with Crippen molar-refractivity contribution in [1.82, 2.24) is 5.43 Å². The van der Waals surface area contributed by atoms with Gasteiger partial charge in [0.05, 0.1) is 6.61 Å². The molecule has 2 rings (SSSR count). The summed E-state index contributed by atoms with van der Waals surface area (Å²) in [5, 5.41) is 0.871. The highest BCUT2D eigenvalue weighted by atomic mass is 19.4. The number of nitrogens with one attached hydrogen (secondary N) is 1. The number of hydrogen-bond acceptors (Lipinski definition) is 4. The van der Waals surface area contributed by atoms with E-state index in [0.717, 1.165) is 10.9 Å². The molecule has 1 heterocycles. The lowest BCUT2D eigenvalue weighted by Crippen LogP contribution is -2.32. The minimum Gasteiger partial charge on any atom is -0.459 e. The smallest absolute Gasteiger partial charge is 0.411 e. The predicted molar refractivity (Wildman–Crippen MR) is 67.9 cm³/mol. The maximum Gasteiger partial charge on any atom is 0.411 e. The third-order valence-corrected chi connectivity index (χ3v) is 2.85. The van der Waals surface area contributed by atoms with Gasteiger partial charge < -0.3 is 9.15 Å². The van der Waals surface area contributed by atoms with E-state index in [1.165, 1.54) is 0 Å². The molecule has 3 N–H and O–H groups in total. The number of benzene rings is 1. The van der Waals surface area contributed by atoms with Gasteiger partial charge in [-0.15, -0.1) is 0 Å². The maximum absolute atomic E-state index is 12.0. The van der Waals surface area contributed by atoms with Gasteiger partial charge in [0.1, 0.15) is 24.0 Å². The van der Waals surface area contributed by atoms with E-state index in [4.69, 9.17) is 10.3 Å². The summed E-state index contributed by atoms with van der Waals surface area (Å²) < 4.78 is 46.3. The van der Waals surface area contributed by atoms with Crippen LogP contribution in [0.3, 0.4) is 0 Å². The molecule has 110 valence electrons. The molecule has 0 spiro atoms. The Bertz CT molecular complexity index is 580. The van der Waals surface area contributed by atoms with Crippen LogP contribution in [-0.2, 0) is 4.74 Å². The van der Waals surface area contributed by atoms with E-state index >= 15 is 0 Å². The summed E-state index contributed by atoms with van der Waals surface area (Å²) in [4.78, 5) is 0. The average Bonchev–Trinajstić information content (AvgIpc) is 2.78. The molecule has 4 nitrogen and oxygen atoms in total. The van der Waals surface area contributed by atoms with E-state index in [9.17, 15) is 13.2 Å². The highest BCUT2D eigenvalue weighted by Crippen LogP contribution is 2.26. The largest absolute Gasteiger partial charge is 0.459 e. The van der Waals surface area contributed by atoms with E-state index < -0.39 is 18.8 Å². The summed E-state index contributed by atoms with van der Waals surface area (Å²) >= 11 is 0. The monoisotopic (exact) mass is 288 g/mol. The van der Waals surface area contributed by atoms with Crippen LogP contribution < -0.4 is 11.3 Å². The molecular formula is C13H15F3N2O2. The topological polar surface area (TPSA) is 60.4 Å². The van der Waals surface area contributed by atoms with Crippen molar-refractivity contribution >= 4 is 11.0 Å². The number of rotatable bonds is 5. The number of alkyl halides is 3. The van der Waals surface area contributed by atoms with Crippen molar-refractivity contribution in [2.24, 2.45) is 5.84 Å². The summed E-state index contributed by atoms with van der Waals surface area (Å²) in [6.45, 7) is 0.347. The molecule has 0 fully saturated rings. The lowest BCUT2D eigenvalue weighted by molar-refractivity contribution is -0.175. The zero-order chi connectivity index (χ0) is 14.8. The van der Waals surface area contributed by atoms with Crippen molar-refractivity contribution in [3.05, 3.63) is 35.6 Å². The Morgan fingerprint density at radius 1 is 1.40 bits per heavy atom. The highest BCUT2D eigenvalue weighted by Gasteiger charge is 2.28. The number of hydrazine groups is 1. The summed E-state index contributed by atoms with van der Waals surface area (Å²) in [6.07, 6.45) is -4.36. The molecule has 20 heavy (non-hydrogen) atoms. The van der Waals surface area contributed by atoms with Crippen LogP contribution in [0.2, 0.25) is 0 Å². The molecule has 0 saturated heterocycles. The number of furan rings is 1. The van der Waals surface area contributed by atoms with Gasteiger partial charge in [-0.3, -0.25) is 5.84 Å². The van der Waals surface area contributed by atoms with Crippen LogP contribution in [0.15, 0.2) is 28.7 Å². The van der Waals surface area contributed by atoms with E-state index in [0.29, 0.717) is 11.3 Å². The number of halogens is 3. The van der Waals surface area contributed by atoms with Gasteiger partial charge in [-0.25, -0.2) is 5.43 Å². The molecule has 1 atom stereocenters. The molecule has 2 aromatic rings. The molecule has 0 saturated carbocycles. The fraction of sp³-hybridized carbons (Fsp3) is 0.385. The van der Waals surface area contributed by atoms with Gasteiger partial charge in [-0.05, 0) is 18.6 Å². The van der Waals surface area contributed by atoms with Crippen LogP contribution in [0, 0.1) is 6.92 Å². The van der Waals surface area contributed by atoms with Crippen molar-refractivity contribution < 1.29 is 22.3 Å². The lowest BCUT2D eigenvalue weighted by atomic mass is 10.1. The maximum atomic E-state index is 12.0. The lowest BCUT2D eigenvalue weighted by Gasteiger charge is -2.14. The fourth-order valence-corrected chi connectivity index (χ4v) is 1.91. The van der Waals surface area contributed by atoms with Gasteiger partial charge in [0.2, 0.25) is 0 Å². The molecule has 0 aliphatic rings. The van der Waals surface area contributed by atoms with Gasteiger partial charge in [-0.2, -0.15) is 13.2 Å². The van der Waals surface area contributed by atoms with Crippen LogP contribution in [0.1, 0.15) is 17.4 Å². The summed E-state index contributed by atoms with van der Waals surface area (Å²) in [6, 6.07) is 6.73. The fourth-order valence-electron chi connectivity index (χ4n) is 1.91. The van der Waals surface area contributed by atoms with E-state index in [1.54, 1.807) is 6.07 Å². The number of fused-ring (bicyclic) bond motifs is 1. The van der Waals surface area contributed by atoms with E-state index in [2.05, 4.69) is 10.2 Å². The van der Waals surface area contributed by atoms with Crippen molar-refractivity contribution in [2.75, 3.05) is 13.2 Å². The molecule has 1 unspecified atom stereocenters. The number of ether oxygens (including phenoxy) is 1. The van der Waals surface area contributed by atoms with Gasteiger partial charge in [-0.1, -0.05) is 18.2 Å². The molecular weight excluding hydrogens is 273 g/mol. The summed E-state index contributed by atoms with van der Waals surface area (Å²) in [7, 11) is 0. The first-order chi connectivity index (χ1) is 9.40. The van der Waals surface area contributed by atoms with Crippen LogP contribution >= 0.6 is 0 Å². The Morgan fingerprint density at radius 2 is 2.15 bits per heavy atom. The van der Waals surface area contributed by atoms with Crippen molar-refractivity contribution in [3.63, 3.8) is 0 Å². The molecule has 1 aromatic heterocycles. The number of para-hydroxylation sites is 1. The Labute approximate surface area is 113 Å². The van der Waals surface area contributed by atoms with Crippen LogP contribution in [0.4, 0.5) is 13.2 Å². The Morgan fingerprint density at radius 3 is 2.75 bits per heavy atom. The SMILES string of the molecule is Cc1cccc2cc(C(COCC(F)(F)F)NN)oc12.